The van der Waals surface area contributed by atoms with E-state index in [2.05, 4.69) is 0 Å². The number of halogens is 2. The van der Waals surface area contributed by atoms with E-state index in [4.69, 9.17) is 16.6 Å². The minimum atomic E-state index is -0.359. The van der Waals surface area contributed by atoms with Gasteiger partial charge in [0.05, 0.1) is 0 Å². The fourth-order valence-corrected chi connectivity index (χ4v) is 1.65. The Bertz CT molecular complexity index is 584. The van der Waals surface area contributed by atoms with Crippen molar-refractivity contribution in [3.05, 3.63) is 46.4 Å². The molecule has 0 radical (unpaired) electrons. The van der Waals surface area contributed by atoms with Crippen LogP contribution in [-0.4, -0.2) is 0 Å². The summed E-state index contributed by atoms with van der Waals surface area (Å²) in [5.41, 5.74) is 0.529. The van der Waals surface area contributed by atoms with Gasteiger partial charge in [0, 0.05) is 10.1 Å². The molecule has 2 nitrogen and oxygen atoms in total. The molecule has 0 saturated carbocycles. The van der Waals surface area contributed by atoms with E-state index >= 15 is 0 Å². The van der Waals surface area contributed by atoms with Crippen LogP contribution in [0.4, 0.5) is 4.39 Å². The molecule has 1 aromatic carbocycles. The number of rotatable bonds is 1. The van der Waals surface area contributed by atoms with Crippen molar-refractivity contribution in [3.63, 3.8) is 0 Å². The zero-order valence-electron chi connectivity index (χ0n) is 9.22. The van der Waals surface area contributed by atoms with Crippen LogP contribution in [0.15, 0.2) is 34.7 Å². The van der Waals surface area contributed by atoms with Crippen molar-refractivity contribution in [2.24, 2.45) is 0 Å². The van der Waals surface area contributed by atoms with E-state index in [9.17, 15) is 9.50 Å². The molecule has 0 amide bonds. The molecule has 0 aliphatic heterocycles. The number of benzene rings is 1. The second kappa shape index (κ2) is 6.98. The normalized spacial score (nSPS) is 9.22. The second-order valence-electron chi connectivity index (χ2n) is 3.39. The summed E-state index contributed by atoms with van der Waals surface area (Å²) in [5.74, 6) is 0.0172. The van der Waals surface area contributed by atoms with Crippen molar-refractivity contribution in [1.82, 2.24) is 0 Å². The molecule has 1 heterocycles. The van der Waals surface area contributed by atoms with Crippen molar-refractivity contribution in [1.29, 1.82) is 0 Å². The van der Waals surface area contributed by atoms with Crippen molar-refractivity contribution in [3.8, 4) is 17.1 Å². The Morgan fingerprint density at radius 1 is 1.22 bits per heavy atom. The maximum absolute atomic E-state index is 12.7. The maximum atomic E-state index is 12.7. The molecular formula is C12H8ClFO2RuS. The second-order valence-corrected chi connectivity index (χ2v) is 3.83. The summed E-state index contributed by atoms with van der Waals surface area (Å²) in [6.07, 6.45) is 0. The standard InChI is InChI=1S/C12H9FO2S.ClH.Ru/c1-7-6-10(16)11(14)12(15-7)8-2-4-9(13)5-3-8;;/h2-6,14H,1H3;1H;/q;;+2/p-2. The van der Waals surface area contributed by atoms with Gasteiger partial charge in [-0.2, -0.15) is 0 Å². The van der Waals surface area contributed by atoms with Crippen LogP contribution in [0.25, 0.3) is 11.3 Å². The zero-order valence-corrected chi connectivity index (χ0v) is 12.5. The average Bonchev–Trinajstić information content (AvgIpc) is 2.25. The Morgan fingerprint density at radius 3 is 2.33 bits per heavy atom. The van der Waals surface area contributed by atoms with Crippen molar-refractivity contribution < 1.29 is 45.8 Å². The SMILES string of the molecule is Cc1cc(=S)c([O-])c(-c2ccc(F)cc2)o1.[Cl-].[Ru+2]. The molecule has 6 heteroatoms. The molecule has 0 atom stereocenters. The Balaban J connectivity index is 0.00000144. The summed E-state index contributed by atoms with van der Waals surface area (Å²) in [5, 5.41) is 11.7. The summed E-state index contributed by atoms with van der Waals surface area (Å²) in [6, 6.07) is 7.03. The van der Waals surface area contributed by atoms with E-state index in [0.29, 0.717) is 11.3 Å². The number of hydrogen-bond acceptors (Lipinski definition) is 3. The van der Waals surface area contributed by atoms with Gasteiger partial charge >= 0.3 is 19.5 Å². The topological polar surface area (TPSA) is 36.2 Å². The van der Waals surface area contributed by atoms with Gasteiger partial charge in [-0.1, -0.05) is 12.2 Å². The van der Waals surface area contributed by atoms with E-state index in [-0.39, 0.29) is 53.7 Å². The average molecular weight is 372 g/mol. The van der Waals surface area contributed by atoms with Crippen LogP contribution in [0.3, 0.4) is 0 Å². The van der Waals surface area contributed by atoms with Crippen molar-refractivity contribution in [2.75, 3.05) is 0 Å². The van der Waals surface area contributed by atoms with Crippen LogP contribution in [-0.2, 0) is 19.5 Å². The number of aryl methyl sites for hydroxylation is 1. The summed E-state index contributed by atoms with van der Waals surface area (Å²) in [4.78, 5) is 0. The van der Waals surface area contributed by atoms with Crippen LogP contribution >= 0.6 is 12.2 Å². The van der Waals surface area contributed by atoms with Gasteiger partial charge in [-0.15, -0.1) is 0 Å². The number of hydrogen-bond donors (Lipinski definition) is 0. The van der Waals surface area contributed by atoms with Gasteiger partial charge in [0.15, 0.2) is 0 Å². The third-order valence-corrected chi connectivity index (χ3v) is 2.44. The third-order valence-electron chi connectivity index (χ3n) is 2.13. The van der Waals surface area contributed by atoms with E-state index in [1.165, 1.54) is 30.3 Å². The van der Waals surface area contributed by atoms with Crippen LogP contribution in [0, 0.1) is 17.3 Å². The minimum absolute atomic E-state index is 0. The Kier molecular flexibility index (Phi) is 6.68. The van der Waals surface area contributed by atoms with E-state index in [0.717, 1.165) is 0 Å². The van der Waals surface area contributed by atoms with Gasteiger partial charge in [0.25, 0.3) is 0 Å². The van der Waals surface area contributed by atoms with Gasteiger partial charge in [0.2, 0.25) is 0 Å². The van der Waals surface area contributed by atoms with Crippen LogP contribution in [0.1, 0.15) is 5.76 Å². The van der Waals surface area contributed by atoms with E-state index < -0.39 is 0 Å². The first kappa shape index (κ1) is 17.2. The van der Waals surface area contributed by atoms with Gasteiger partial charge in [-0.3, -0.25) is 0 Å². The molecule has 0 fully saturated rings. The first-order valence-electron chi connectivity index (χ1n) is 4.65. The van der Waals surface area contributed by atoms with Crippen LogP contribution in [0.5, 0.6) is 5.75 Å². The molecule has 0 spiro atoms. The molecule has 2 rings (SSSR count). The van der Waals surface area contributed by atoms with Crippen molar-refractivity contribution in [2.45, 2.75) is 6.92 Å². The predicted octanol–water partition coefficient (Wildman–Crippen LogP) is 0.199. The Labute approximate surface area is 128 Å². The smallest absolute Gasteiger partial charge is 1.00 e. The molecular weight excluding hydrogens is 364 g/mol. The van der Waals surface area contributed by atoms with Crippen molar-refractivity contribution >= 4 is 12.2 Å². The molecule has 0 N–H and O–H groups in total. The van der Waals surface area contributed by atoms with Crippen LogP contribution < -0.4 is 17.5 Å². The molecule has 2 aromatic rings. The van der Waals surface area contributed by atoms with Gasteiger partial charge in [0.1, 0.15) is 17.3 Å². The fourth-order valence-electron chi connectivity index (χ4n) is 1.39. The van der Waals surface area contributed by atoms with E-state index in [1.54, 1.807) is 6.92 Å². The molecule has 0 aliphatic rings. The summed E-state index contributed by atoms with van der Waals surface area (Å²) in [7, 11) is 0. The van der Waals surface area contributed by atoms with Gasteiger partial charge in [-0.05, 0) is 43.0 Å². The first-order valence-corrected chi connectivity index (χ1v) is 5.06. The molecule has 0 aliphatic carbocycles. The molecule has 18 heavy (non-hydrogen) atoms. The molecule has 96 valence electrons. The largest absolute Gasteiger partial charge is 2.00 e. The fraction of sp³-hybridized carbons (Fsp3) is 0.0833. The van der Waals surface area contributed by atoms with Gasteiger partial charge < -0.3 is 21.9 Å². The molecule has 0 unspecified atom stereocenters. The first-order chi connectivity index (χ1) is 7.58. The predicted molar refractivity (Wildman–Crippen MR) is 59.1 cm³/mol. The van der Waals surface area contributed by atoms with E-state index in [1.807, 2.05) is 0 Å². The quantitative estimate of drug-likeness (QED) is 0.531. The molecule has 1 aromatic heterocycles. The maximum Gasteiger partial charge on any atom is 2.00 e. The molecule has 0 bridgehead atoms. The minimum Gasteiger partial charge on any atom is -1.00 e. The summed E-state index contributed by atoms with van der Waals surface area (Å²) < 4.78 is 18.3. The van der Waals surface area contributed by atoms with Crippen LogP contribution in [0.2, 0.25) is 0 Å². The monoisotopic (exact) mass is 372 g/mol. The Morgan fingerprint density at radius 2 is 1.78 bits per heavy atom. The summed E-state index contributed by atoms with van der Waals surface area (Å²) in [6.45, 7) is 1.71. The third kappa shape index (κ3) is 3.61. The Hall–Kier alpha value is -0.767. The van der Waals surface area contributed by atoms with Gasteiger partial charge in [-0.25, -0.2) is 4.39 Å². The zero-order chi connectivity index (χ0) is 11.7. The summed E-state index contributed by atoms with van der Waals surface area (Å²) >= 11 is 4.91. The molecule has 0 saturated heterocycles.